The van der Waals surface area contributed by atoms with Gasteiger partial charge in [-0.15, -0.1) is 0 Å². The Bertz CT molecular complexity index is 392. The monoisotopic (exact) mass is 148 g/mol. The Morgan fingerprint density at radius 1 is 1.45 bits per heavy atom. The fraction of sp³-hybridized carbons (Fsp3) is 0.125. The largest absolute Gasteiger partial charge is 0.508 e. The summed E-state index contributed by atoms with van der Waals surface area (Å²) in [4.78, 5) is 0. The minimum absolute atomic E-state index is 0.277. The third-order valence-electron chi connectivity index (χ3n) is 1.75. The van der Waals surface area contributed by atoms with Gasteiger partial charge in [0.15, 0.2) is 0 Å². The van der Waals surface area contributed by atoms with Crippen molar-refractivity contribution in [2.75, 3.05) is 0 Å². The molecule has 3 nitrogen and oxygen atoms in total. The number of phenolic OH excluding ortho intramolecular Hbond substituents is 1. The molecular formula is C8H8N2O. The molecule has 0 aliphatic carbocycles. The van der Waals surface area contributed by atoms with E-state index in [1.165, 1.54) is 0 Å². The summed E-state index contributed by atoms with van der Waals surface area (Å²) in [6.45, 7) is 1.94. The average molecular weight is 148 g/mol. The summed E-state index contributed by atoms with van der Waals surface area (Å²) in [5, 5.41) is 16.9. The molecule has 0 amide bonds. The summed E-state index contributed by atoms with van der Waals surface area (Å²) < 4.78 is 0. The molecule has 1 heterocycles. The van der Waals surface area contributed by atoms with Gasteiger partial charge in [-0.05, 0) is 18.6 Å². The van der Waals surface area contributed by atoms with Gasteiger partial charge in [0, 0.05) is 11.5 Å². The van der Waals surface area contributed by atoms with Crippen molar-refractivity contribution in [3.63, 3.8) is 0 Å². The van der Waals surface area contributed by atoms with Crippen molar-refractivity contribution < 1.29 is 5.11 Å². The van der Waals surface area contributed by atoms with Crippen molar-refractivity contribution in [2.24, 2.45) is 0 Å². The lowest BCUT2D eigenvalue weighted by atomic mass is 10.1. The van der Waals surface area contributed by atoms with Crippen molar-refractivity contribution in [1.29, 1.82) is 0 Å². The number of fused-ring (bicyclic) bond motifs is 1. The number of aromatic amines is 1. The standard InChI is InChI=1S/C8H8N2O/c1-5-2-6(11)3-8-7(5)4-9-10-8/h2-4,11H,1H3,(H,9,10). The highest BCUT2D eigenvalue weighted by Gasteiger charge is 1.99. The van der Waals surface area contributed by atoms with Crippen LogP contribution < -0.4 is 0 Å². The number of hydrogen-bond donors (Lipinski definition) is 2. The molecule has 0 atom stereocenters. The van der Waals surface area contributed by atoms with E-state index in [2.05, 4.69) is 10.2 Å². The second kappa shape index (κ2) is 1.99. The molecule has 0 aliphatic rings. The molecule has 2 aromatic rings. The van der Waals surface area contributed by atoms with E-state index in [1.807, 2.05) is 6.92 Å². The number of aromatic nitrogens is 2. The fourth-order valence-electron chi connectivity index (χ4n) is 1.21. The lowest BCUT2D eigenvalue weighted by Gasteiger charge is -1.95. The Hall–Kier alpha value is -1.51. The molecule has 0 aliphatic heterocycles. The smallest absolute Gasteiger partial charge is 0.118 e. The molecule has 0 saturated heterocycles. The van der Waals surface area contributed by atoms with Gasteiger partial charge in [-0.25, -0.2) is 0 Å². The Labute approximate surface area is 63.7 Å². The zero-order valence-electron chi connectivity index (χ0n) is 6.13. The van der Waals surface area contributed by atoms with Crippen molar-refractivity contribution in [3.8, 4) is 5.75 Å². The summed E-state index contributed by atoms with van der Waals surface area (Å²) in [6, 6.07) is 3.38. The Morgan fingerprint density at radius 3 is 3.09 bits per heavy atom. The molecule has 0 radical (unpaired) electrons. The third kappa shape index (κ3) is 0.852. The molecule has 0 spiro atoms. The Kier molecular flexibility index (Phi) is 1.12. The summed E-state index contributed by atoms with van der Waals surface area (Å²) >= 11 is 0. The van der Waals surface area contributed by atoms with Crippen LogP contribution in [0.3, 0.4) is 0 Å². The third-order valence-corrected chi connectivity index (χ3v) is 1.75. The molecular weight excluding hydrogens is 140 g/mol. The molecule has 2 N–H and O–H groups in total. The first-order valence-corrected chi connectivity index (χ1v) is 3.40. The van der Waals surface area contributed by atoms with Crippen molar-refractivity contribution in [1.82, 2.24) is 10.2 Å². The molecule has 0 bridgehead atoms. The van der Waals surface area contributed by atoms with Gasteiger partial charge in [0.1, 0.15) is 5.75 Å². The number of phenols is 1. The molecule has 0 saturated carbocycles. The first-order chi connectivity index (χ1) is 5.27. The van der Waals surface area contributed by atoms with Gasteiger partial charge in [-0.3, -0.25) is 5.10 Å². The van der Waals surface area contributed by atoms with Gasteiger partial charge in [0.05, 0.1) is 11.7 Å². The number of nitrogens with zero attached hydrogens (tertiary/aromatic N) is 1. The van der Waals surface area contributed by atoms with Crippen molar-refractivity contribution >= 4 is 10.9 Å². The molecule has 0 fully saturated rings. The predicted octanol–water partition coefficient (Wildman–Crippen LogP) is 1.58. The SMILES string of the molecule is Cc1cc(O)cc2[nH]ncc12. The van der Waals surface area contributed by atoms with Crippen LogP contribution in [0.15, 0.2) is 18.3 Å². The molecule has 1 aromatic heterocycles. The summed E-state index contributed by atoms with van der Waals surface area (Å²) in [5.41, 5.74) is 1.91. The van der Waals surface area contributed by atoms with Crippen LogP contribution in [0.2, 0.25) is 0 Å². The van der Waals surface area contributed by atoms with Gasteiger partial charge < -0.3 is 5.11 Å². The van der Waals surface area contributed by atoms with Crippen LogP contribution in [-0.4, -0.2) is 15.3 Å². The van der Waals surface area contributed by atoms with E-state index < -0.39 is 0 Å². The van der Waals surface area contributed by atoms with E-state index >= 15 is 0 Å². The highest BCUT2D eigenvalue weighted by Crippen LogP contribution is 2.21. The van der Waals surface area contributed by atoms with Gasteiger partial charge in [0.2, 0.25) is 0 Å². The predicted molar refractivity (Wildman–Crippen MR) is 42.5 cm³/mol. The number of aryl methyl sites for hydroxylation is 1. The number of H-pyrrole nitrogens is 1. The first kappa shape index (κ1) is 6.22. The highest BCUT2D eigenvalue weighted by molar-refractivity contribution is 5.82. The van der Waals surface area contributed by atoms with Crippen LogP contribution in [0.1, 0.15) is 5.56 Å². The van der Waals surface area contributed by atoms with Crippen LogP contribution >= 0.6 is 0 Å². The van der Waals surface area contributed by atoms with E-state index in [0.29, 0.717) is 0 Å². The summed E-state index contributed by atoms with van der Waals surface area (Å²) in [7, 11) is 0. The van der Waals surface area contributed by atoms with E-state index in [-0.39, 0.29) is 5.75 Å². The number of nitrogens with one attached hydrogen (secondary N) is 1. The molecule has 56 valence electrons. The molecule has 2 rings (SSSR count). The Balaban J connectivity index is 2.91. The lowest BCUT2D eigenvalue weighted by molar-refractivity contribution is 0.475. The molecule has 11 heavy (non-hydrogen) atoms. The first-order valence-electron chi connectivity index (χ1n) is 3.40. The maximum absolute atomic E-state index is 9.18. The minimum atomic E-state index is 0.277. The maximum Gasteiger partial charge on any atom is 0.118 e. The van der Waals surface area contributed by atoms with E-state index in [4.69, 9.17) is 0 Å². The van der Waals surface area contributed by atoms with Crippen LogP contribution in [0.5, 0.6) is 5.75 Å². The number of hydrogen-bond acceptors (Lipinski definition) is 2. The van der Waals surface area contributed by atoms with Gasteiger partial charge >= 0.3 is 0 Å². The molecule has 1 aromatic carbocycles. The number of aromatic hydroxyl groups is 1. The van der Waals surface area contributed by atoms with Crippen molar-refractivity contribution in [3.05, 3.63) is 23.9 Å². The highest BCUT2D eigenvalue weighted by atomic mass is 16.3. The zero-order valence-corrected chi connectivity index (χ0v) is 6.13. The van der Waals surface area contributed by atoms with Crippen LogP contribution in [0.4, 0.5) is 0 Å². The Morgan fingerprint density at radius 2 is 2.27 bits per heavy atom. The van der Waals surface area contributed by atoms with Crippen LogP contribution in [-0.2, 0) is 0 Å². The lowest BCUT2D eigenvalue weighted by Crippen LogP contribution is -1.74. The zero-order chi connectivity index (χ0) is 7.84. The van der Waals surface area contributed by atoms with Gasteiger partial charge in [-0.2, -0.15) is 5.10 Å². The number of rotatable bonds is 0. The quantitative estimate of drug-likeness (QED) is 0.595. The second-order valence-electron chi connectivity index (χ2n) is 2.59. The second-order valence-corrected chi connectivity index (χ2v) is 2.59. The van der Waals surface area contributed by atoms with Gasteiger partial charge in [-0.1, -0.05) is 0 Å². The summed E-state index contributed by atoms with van der Waals surface area (Å²) in [6.07, 6.45) is 1.75. The van der Waals surface area contributed by atoms with Crippen molar-refractivity contribution in [2.45, 2.75) is 6.92 Å². The van der Waals surface area contributed by atoms with E-state index in [1.54, 1.807) is 18.3 Å². The molecule has 3 heteroatoms. The fourth-order valence-corrected chi connectivity index (χ4v) is 1.21. The average Bonchev–Trinajstić information content (AvgIpc) is 2.34. The summed E-state index contributed by atoms with van der Waals surface area (Å²) in [5.74, 6) is 0.277. The van der Waals surface area contributed by atoms with Crippen LogP contribution in [0, 0.1) is 6.92 Å². The van der Waals surface area contributed by atoms with Gasteiger partial charge in [0.25, 0.3) is 0 Å². The minimum Gasteiger partial charge on any atom is -0.508 e. The van der Waals surface area contributed by atoms with E-state index in [9.17, 15) is 5.11 Å². The normalized spacial score (nSPS) is 10.6. The topological polar surface area (TPSA) is 48.9 Å². The number of benzene rings is 1. The van der Waals surface area contributed by atoms with E-state index in [0.717, 1.165) is 16.5 Å². The molecule has 0 unspecified atom stereocenters. The van der Waals surface area contributed by atoms with Crippen LogP contribution in [0.25, 0.3) is 10.9 Å². The maximum atomic E-state index is 9.18.